The van der Waals surface area contributed by atoms with Gasteiger partial charge in [-0.05, 0) is 26.2 Å². The van der Waals surface area contributed by atoms with Crippen molar-refractivity contribution in [2.45, 2.75) is 38.7 Å². The van der Waals surface area contributed by atoms with E-state index in [4.69, 9.17) is 4.74 Å². The van der Waals surface area contributed by atoms with Crippen LogP contribution in [-0.4, -0.2) is 28.5 Å². The fourth-order valence-corrected chi connectivity index (χ4v) is 3.51. The second kappa shape index (κ2) is 7.71. The van der Waals surface area contributed by atoms with E-state index in [9.17, 15) is 14.9 Å². The van der Waals surface area contributed by atoms with E-state index in [1.807, 2.05) is 0 Å². The molecule has 0 aliphatic carbocycles. The van der Waals surface area contributed by atoms with Gasteiger partial charge in [0.1, 0.15) is 0 Å². The summed E-state index contributed by atoms with van der Waals surface area (Å²) in [5.74, 6) is -0.0914. The number of hydrogen-bond donors (Lipinski definition) is 1. The molecule has 1 amide bonds. The maximum atomic E-state index is 12.0. The van der Waals surface area contributed by atoms with Crippen molar-refractivity contribution in [3.8, 4) is 11.3 Å². The number of carbonyl (C=O) groups is 1. The lowest BCUT2D eigenvalue weighted by Gasteiger charge is -2.08. The molecule has 1 fully saturated rings. The summed E-state index contributed by atoms with van der Waals surface area (Å²) >= 11 is 1.31. The monoisotopic (exact) mass is 361 g/mol. The van der Waals surface area contributed by atoms with Gasteiger partial charge in [0.05, 0.1) is 16.7 Å². The van der Waals surface area contributed by atoms with Gasteiger partial charge in [-0.25, -0.2) is 4.98 Å². The minimum Gasteiger partial charge on any atom is -0.378 e. The first-order valence-corrected chi connectivity index (χ1v) is 9.03. The summed E-state index contributed by atoms with van der Waals surface area (Å²) in [7, 11) is 0. The highest BCUT2D eigenvalue weighted by molar-refractivity contribution is 7.14. The molecule has 3 rings (SSSR count). The van der Waals surface area contributed by atoms with Crippen LogP contribution in [-0.2, 0) is 9.53 Å². The highest BCUT2D eigenvalue weighted by Crippen LogP contribution is 2.29. The molecular formula is C17H19N3O4S. The number of aryl methyl sites for hydroxylation is 1. The molecule has 1 N–H and O–H groups in total. The Bertz CT molecular complexity index is 784. The van der Waals surface area contributed by atoms with Crippen LogP contribution in [0.1, 0.15) is 31.2 Å². The number of rotatable bonds is 6. The Morgan fingerprint density at radius 1 is 1.52 bits per heavy atom. The second-order valence-corrected chi connectivity index (χ2v) is 6.88. The molecule has 2 aromatic rings. The van der Waals surface area contributed by atoms with Crippen LogP contribution in [0, 0.1) is 17.0 Å². The normalized spacial score (nSPS) is 16.8. The predicted octanol–water partition coefficient (Wildman–Crippen LogP) is 3.92. The van der Waals surface area contributed by atoms with E-state index < -0.39 is 4.92 Å². The van der Waals surface area contributed by atoms with Crippen LogP contribution in [0.25, 0.3) is 11.3 Å². The van der Waals surface area contributed by atoms with Gasteiger partial charge in [-0.3, -0.25) is 14.9 Å². The molecule has 0 saturated carbocycles. The fourth-order valence-electron chi connectivity index (χ4n) is 2.78. The number of anilines is 1. The smallest absolute Gasteiger partial charge is 0.272 e. The Balaban J connectivity index is 1.63. The minimum absolute atomic E-state index is 0.0626. The van der Waals surface area contributed by atoms with Crippen LogP contribution in [0.5, 0.6) is 0 Å². The first-order chi connectivity index (χ1) is 12.0. The van der Waals surface area contributed by atoms with Crippen molar-refractivity contribution >= 4 is 28.1 Å². The number of benzene rings is 1. The quantitative estimate of drug-likeness (QED) is 0.621. The van der Waals surface area contributed by atoms with Gasteiger partial charge in [0, 0.05) is 35.6 Å². The molecule has 25 heavy (non-hydrogen) atoms. The zero-order valence-corrected chi connectivity index (χ0v) is 14.7. The molecule has 7 nitrogen and oxygen atoms in total. The summed E-state index contributed by atoms with van der Waals surface area (Å²) in [6, 6.07) is 5.00. The number of carbonyl (C=O) groups excluding carboxylic acids is 1. The summed E-state index contributed by atoms with van der Waals surface area (Å²) in [6.45, 7) is 2.48. The van der Waals surface area contributed by atoms with Crippen LogP contribution < -0.4 is 5.32 Å². The molecule has 1 saturated heterocycles. The number of nitro benzene ring substituents is 1. The summed E-state index contributed by atoms with van der Waals surface area (Å²) in [4.78, 5) is 27.0. The van der Waals surface area contributed by atoms with Crippen molar-refractivity contribution in [3.63, 3.8) is 0 Å². The number of nitrogens with one attached hydrogen (secondary N) is 1. The van der Waals surface area contributed by atoms with Crippen LogP contribution in [0.3, 0.4) is 0 Å². The van der Waals surface area contributed by atoms with Crippen molar-refractivity contribution in [1.82, 2.24) is 4.98 Å². The van der Waals surface area contributed by atoms with Crippen molar-refractivity contribution < 1.29 is 14.5 Å². The van der Waals surface area contributed by atoms with E-state index in [2.05, 4.69) is 10.3 Å². The van der Waals surface area contributed by atoms with Gasteiger partial charge in [0.2, 0.25) is 5.91 Å². The van der Waals surface area contributed by atoms with E-state index in [1.165, 1.54) is 17.4 Å². The molecule has 1 aliphatic heterocycles. The lowest BCUT2D eigenvalue weighted by molar-refractivity contribution is -0.385. The van der Waals surface area contributed by atoms with E-state index >= 15 is 0 Å². The van der Waals surface area contributed by atoms with Crippen LogP contribution >= 0.6 is 11.3 Å². The molecule has 1 unspecified atom stereocenters. The number of ether oxygens (including phenoxy) is 1. The summed E-state index contributed by atoms with van der Waals surface area (Å²) < 4.78 is 5.51. The van der Waals surface area contributed by atoms with Gasteiger partial charge >= 0.3 is 0 Å². The van der Waals surface area contributed by atoms with E-state index in [0.717, 1.165) is 19.4 Å². The molecule has 2 heterocycles. The van der Waals surface area contributed by atoms with Gasteiger partial charge in [-0.15, -0.1) is 11.3 Å². The third kappa shape index (κ3) is 4.40. The van der Waals surface area contributed by atoms with Gasteiger partial charge in [0.15, 0.2) is 5.13 Å². The van der Waals surface area contributed by atoms with Gasteiger partial charge in [-0.1, -0.05) is 12.1 Å². The predicted molar refractivity (Wildman–Crippen MR) is 95.8 cm³/mol. The van der Waals surface area contributed by atoms with Crippen molar-refractivity contribution in [3.05, 3.63) is 39.3 Å². The van der Waals surface area contributed by atoms with Crippen molar-refractivity contribution in [1.29, 1.82) is 0 Å². The first-order valence-electron chi connectivity index (χ1n) is 8.15. The van der Waals surface area contributed by atoms with Crippen LogP contribution in [0.15, 0.2) is 23.6 Å². The highest BCUT2D eigenvalue weighted by atomic mass is 32.1. The van der Waals surface area contributed by atoms with Crippen LogP contribution in [0.2, 0.25) is 0 Å². The van der Waals surface area contributed by atoms with E-state index in [0.29, 0.717) is 34.8 Å². The lowest BCUT2D eigenvalue weighted by Crippen LogP contribution is -2.15. The number of thiazole rings is 1. The minimum atomic E-state index is -0.404. The van der Waals surface area contributed by atoms with Crippen molar-refractivity contribution in [2.75, 3.05) is 11.9 Å². The molecule has 8 heteroatoms. The number of amides is 1. The molecule has 1 aromatic heterocycles. The second-order valence-electron chi connectivity index (χ2n) is 6.02. The highest BCUT2D eigenvalue weighted by Gasteiger charge is 2.18. The average molecular weight is 361 g/mol. The summed E-state index contributed by atoms with van der Waals surface area (Å²) in [5, 5.41) is 16.1. The van der Waals surface area contributed by atoms with Crippen molar-refractivity contribution in [2.24, 2.45) is 0 Å². The average Bonchev–Trinajstić information content (AvgIpc) is 3.25. The SMILES string of the molecule is Cc1ccc(-c2csc(NC(=O)CCC3CCCO3)n2)cc1[N+](=O)[O-]. The molecule has 1 aromatic carbocycles. The lowest BCUT2D eigenvalue weighted by atomic mass is 10.1. The molecular weight excluding hydrogens is 342 g/mol. The van der Waals surface area contributed by atoms with Gasteiger partial charge in [-0.2, -0.15) is 0 Å². The van der Waals surface area contributed by atoms with E-state index in [1.54, 1.807) is 24.4 Å². The summed E-state index contributed by atoms with van der Waals surface area (Å²) in [5.41, 5.74) is 1.94. The van der Waals surface area contributed by atoms with Gasteiger partial charge in [0.25, 0.3) is 5.69 Å². The standard InChI is InChI=1S/C17H19N3O4S/c1-11-4-5-12(9-15(11)20(22)23)14-10-25-17(18-14)19-16(21)7-6-13-3-2-8-24-13/h4-5,9-10,13H,2-3,6-8H2,1H3,(H,18,19,21). The maximum absolute atomic E-state index is 12.0. The molecule has 132 valence electrons. The first kappa shape index (κ1) is 17.5. The Morgan fingerprint density at radius 2 is 2.36 bits per heavy atom. The Hall–Kier alpha value is -2.32. The Kier molecular flexibility index (Phi) is 5.40. The molecule has 1 atom stereocenters. The topological polar surface area (TPSA) is 94.4 Å². The van der Waals surface area contributed by atoms with Crippen LogP contribution in [0.4, 0.5) is 10.8 Å². The largest absolute Gasteiger partial charge is 0.378 e. The molecule has 0 spiro atoms. The zero-order valence-electron chi connectivity index (χ0n) is 13.9. The molecule has 0 radical (unpaired) electrons. The third-order valence-electron chi connectivity index (χ3n) is 4.17. The van der Waals surface area contributed by atoms with Gasteiger partial charge < -0.3 is 10.1 Å². The molecule has 0 bridgehead atoms. The zero-order chi connectivity index (χ0) is 17.8. The maximum Gasteiger partial charge on any atom is 0.272 e. The Morgan fingerprint density at radius 3 is 3.08 bits per heavy atom. The number of hydrogen-bond acceptors (Lipinski definition) is 6. The third-order valence-corrected chi connectivity index (χ3v) is 4.93. The number of aromatic nitrogens is 1. The Labute approximate surface area is 149 Å². The van der Waals surface area contributed by atoms with E-state index in [-0.39, 0.29) is 17.7 Å². The fraction of sp³-hybridized carbons (Fsp3) is 0.412. The molecule has 1 aliphatic rings. The number of nitro groups is 1. The summed E-state index contributed by atoms with van der Waals surface area (Å²) in [6.07, 6.45) is 3.38. The number of nitrogens with zero attached hydrogens (tertiary/aromatic N) is 2.